The zero-order chi connectivity index (χ0) is 17.0. The van der Waals surface area contributed by atoms with Crippen LogP contribution in [-0.2, 0) is 5.60 Å². The Labute approximate surface area is 136 Å². The molecule has 0 aliphatic carbocycles. The lowest BCUT2D eigenvalue weighted by molar-refractivity contribution is 0.0359. The van der Waals surface area contributed by atoms with Crippen molar-refractivity contribution in [2.75, 3.05) is 6.54 Å². The number of urea groups is 1. The number of furan rings is 1. The molecule has 1 aromatic heterocycles. The van der Waals surface area contributed by atoms with Crippen LogP contribution in [0.15, 0.2) is 40.8 Å². The van der Waals surface area contributed by atoms with Crippen molar-refractivity contribution in [3.63, 3.8) is 0 Å². The largest absolute Gasteiger partial charge is 0.463 e. The fourth-order valence-corrected chi connectivity index (χ4v) is 2.46. The Kier molecular flexibility index (Phi) is 5.11. The summed E-state index contributed by atoms with van der Waals surface area (Å²) in [7, 11) is 0. The molecule has 1 heterocycles. The van der Waals surface area contributed by atoms with Gasteiger partial charge in [0, 0.05) is 0 Å². The Morgan fingerprint density at radius 2 is 1.96 bits per heavy atom. The third-order valence-electron chi connectivity index (χ3n) is 3.87. The molecular formula is C18H24N2O3. The number of rotatable bonds is 5. The van der Waals surface area contributed by atoms with E-state index in [9.17, 15) is 9.90 Å². The molecule has 2 aromatic rings. The number of amides is 2. The van der Waals surface area contributed by atoms with Gasteiger partial charge >= 0.3 is 6.03 Å². The van der Waals surface area contributed by atoms with E-state index in [4.69, 9.17) is 4.42 Å². The van der Waals surface area contributed by atoms with Crippen LogP contribution >= 0.6 is 0 Å². The van der Waals surface area contributed by atoms with Crippen molar-refractivity contribution in [2.45, 2.75) is 39.3 Å². The molecule has 1 aromatic carbocycles. The topological polar surface area (TPSA) is 74.5 Å². The summed E-state index contributed by atoms with van der Waals surface area (Å²) in [5.74, 6) is 1.15. The van der Waals surface area contributed by atoms with E-state index in [-0.39, 0.29) is 18.6 Å². The van der Waals surface area contributed by atoms with E-state index in [0.29, 0.717) is 5.76 Å². The highest BCUT2D eigenvalue weighted by Gasteiger charge is 2.27. The van der Waals surface area contributed by atoms with Crippen LogP contribution in [-0.4, -0.2) is 17.7 Å². The van der Waals surface area contributed by atoms with Gasteiger partial charge in [-0.1, -0.05) is 24.3 Å². The molecule has 0 aliphatic rings. The smallest absolute Gasteiger partial charge is 0.315 e. The number of hydrogen-bond donors (Lipinski definition) is 3. The second-order valence-electron chi connectivity index (χ2n) is 6.09. The van der Waals surface area contributed by atoms with Crippen LogP contribution in [0.25, 0.3) is 0 Å². The van der Waals surface area contributed by atoms with Crippen LogP contribution in [0.1, 0.15) is 42.5 Å². The molecule has 2 atom stereocenters. The van der Waals surface area contributed by atoms with Gasteiger partial charge in [0.25, 0.3) is 0 Å². The molecule has 2 unspecified atom stereocenters. The molecule has 0 fully saturated rings. The van der Waals surface area contributed by atoms with E-state index in [1.54, 1.807) is 19.1 Å². The Balaban J connectivity index is 1.91. The highest BCUT2D eigenvalue weighted by Crippen LogP contribution is 2.22. The molecule has 124 valence electrons. The molecular weight excluding hydrogens is 292 g/mol. The summed E-state index contributed by atoms with van der Waals surface area (Å²) in [6, 6.07) is 11.0. The van der Waals surface area contributed by atoms with Gasteiger partial charge < -0.3 is 20.2 Å². The van der Waals surface area contributed by atoms with Gasteiger partial charge in [0.05, 0.1) is 12.6 Å². The summed E-state index contributed by atoms with van der Waals surface area (Å²) in [5.41, 5.74) is 0.937. The fourth-order valence-electron chi connectivity index (χ4n) is 2.46. The predicted octanol–water partition coefficient (Wildman–Crippen LogP) is 3.16. The summed E-state index contributed by atoms with van der Waals surface area (Å²) in [6.45, 7) is 7.41. The molecule has 0 bridgehead atoms. The maximum Gasteiger partial charge on any atom is 0.315 e. The summed E-state index contributed by atoms with van der Waals surface area (Å²) in [6.07, 6.45) is 0. The van der Waals surface area contributed by atoms with E-state index in [1.165, 1.54) is 0 Å². The molecule has 0 saturated carbocycles. The second kappa shape index (κ2) is 6.87. The summed E-state index contributed by atoms with van der Waals surface area (Å²) < 4.78 is 5.43. The summed E-state index contributed by atoms with van der Waals surface area (Å²) in [4.78, 5) is 12.1. The monoisotopic (exact) mass is 316 g/mol. The average Bonchev–Trinajstić information content (AvgIpc) is 2.93. The highest BCUT2D eigenvalue weighted by molar-refractivity contribution is 5.74. The first kappa shape index (κ1) is 17.1. The second-order valence-corrected chi connectivity index (χ2v) is 6.09. The van der Waals surface area contributed by atoms with Crippen molar-refractivity contribution in [1.29, 1.82) is 0 Å². The Morgan fingerprint density at radius 3 is 2.57 bits per heavy atom. The Morgan fingerprint density at radius 1 is 1.26 bits per heavy atom. The number of benzene rings is 1. The van der Waals surface area contributed by atoms with E-state index in [2.05, 4.69) is 10.6 Å². The number of aliphatic hydroxyl groups is 1. The van der Waals surface area contributed by atoms with Crippen LogP contribution in [0, 0.1) is 13.8 Å². The lowest BCUT2D eigenvalue weighted by Crippen LogP contribution is -2.44. The Bertz CT molecular complexity index is 676. The minimum Gasteiger partial charge on any atom is -0.463 e. The molecule has 23 heavy (non-hydrogen) atoms. The molecule has 0 radical (unpaired) electrons. The number of carbonyl (C=O) groups is 1. The van der Waals surface area contributed by atoms with E-state index in [1.807, 2.05) is 45.0 Å². The molecule has 0 saturated heterocycles. The van der Waals surface area contributed by atoms with Crippen molar-refractivity contribution < 1.29 is 14.3 Å². The quantitative estimate of drug-likeness (QED) is 0.793. The molecule has 5 heteroatoms. The molecule has 0 aliphatic heterocycles. The molecule has 2 rings (SSSR count). The van der Waals surface area contributed by atoms with Crippen molar-refractivity contribution in [3.05, 3.63) is 59.0 Å². The first-order valence-corrected chi connectivity index (χ1v) is 7.69. The first-order chi connectivity index (χ1) is 10.8. The first-order valence-electron chi connectivity index (χ1n) is 7.69. The number of carbonyl (C=O) groups excluding carboxylic acids is 1. The summed E-state index contributed by atoms with van der Waals surface area (Å²) in [5, 5.41) is 16.0. The molecule has 2 amide bonds. The van der Waals surface area contributed by atoms with Gasteiger partial charge in [-0.15, -0.1) is 0 Å². The van der Waals surface area contributed by atoms with Gasteiger partial charge in [-0.25, -0.2) is 4.79 Å². The van der Waals surface area contributed by atoms with Gasteiger partial charge in [0.2, 0.25) is 0 Å². The third kappa shape index (κ3) is 4.36. The lowest BCUT2D eigenvalue weighted by Gasteiger charge is -2.23. The van der Waals surface area contributed by atoms with Gasteiger partial charge in [-0.2, -0.15) is 0 Å². The zero-order valence-corrected chi connectivity index (χ0v) is 14.0. The van der Waals surface area contributed by atoms with Crippen molar-refractivity contribution in [1.82, 2.24) is 10.6 Å². The zero-order valence-electron chi connectivity index (χ0n) is 14.0. The Hall–Kier alpha value is -2.27. The number of aryl methyl sites for hydroxylation is 2. The number of hydrogen-bond acceptors (Lipinski definition) is 3. The predicted molar refractivity (Wildman–Crippen MR) is 89.1 cm³/mol. The van der Waals surface area contributed by atoms with Crippen molar-refractivity contribution in [3.8, 4) is 0 Å². The molecule has 5 nitrogen and oxygen atoms in total. The van der Waals surface area contributed by atoms with Gasteiger partial charge in [0.1, 0.15) is 17.1 Å². The van der Waals surface area contributed by atoms with E-state index < -0.39 is 5.60 Å². The van der Waals surface area contributed by atoms with Gasteiger partial charge in [-0.05, 0) is 51.0 Å². The normalized spacial score (nSPS) is 14.8. The SMILES string of the molecule is Cc1ccc(C(C)(O)CNC(=O)NC(C)c2ccccc2C)o1. The average molecular weight is 316 g/mol. The summed E-state index contributed by atoms with van der Waals surface area (Å²) >= 11 is 0. The third-order valence-corrected chi connectivity index (χ3v) is 3.87. The van der Waals surface area contributed by atoms with Gasteiger partial charge in [-0.3, -0.25) is 0 Å². The highest BCUT2D eigenvalue weighted by atomic mass is 16.4. The van der Waals surface area contributed by atoms with Crippen molar-refractivity contribution >= 4 is 6.03 Å². The van der Waals surface area contributed by atoms with E-state index in [0.717, 1.165) is 16.9 Å². The van der Waals surface area contributed by atoms with Crippen LogP contribution in [0.3, 0.4) is 0 Å². The minimum atomic E-state index is -1.25. The minimum absolute atomic E-state index is 0.0618. The standard InChI is InChI=1S/C18H24N2O3/c1-12-7-5-6-8-15(12)14(3)20-17(21)19-11-18(4,22)16-10-9-13(2)23-16/h5-10,14,22H,11H2,1-4H3,(H2,19,20,21). The van der Waals surface area contributed by atoms with Crippen LogP contribution < -0.4 is 10.6 Å². The maximum absolute atomic E-state index is 12.1. The fraction of sp³-hybridized carbons (Fsp3) is 0.389. The van der Waals surface area contributed by atoms with Crippen LogP contribution in [0.4, 0.5) is 4.79 Å². The lowest BCUT2D eigenvalue weighted by atomic mass is 10.0. The number of nitrogens with one attached hydrogen (secondary N) is 2. The van der Waals surface area contributed by atoms with Crippen molar-refractivity contribution in [2.24, 2.45) is 0 Å². The van der Waals surface area contributed by atoms with Crippen LogP contribution in [0.2, 0.25) is 0 Å². The molecule has 3 N–H and O–H groups in total. The van der Waals surface area contributed by atoms with E-state index >= 15 is 0 Å². The van der Waals surface area contributed by atoms with Gasteiger partial charge in [0.15, 0.2) is 0 Å². The van der Waals surface area contributed by atoms with Crippen LogP contribution in [0.5, 0.6) is 0 Å². The molecule has 0 spiro atoms. The maximum atomic E-state index is 12.1.